The highest BCUT2D eigenvalue weighted by Crippen LogP contribution is 2.31. The molecule has 26 heavy (non-hydrogen) atoms. The molecular weight excluding hydrogens is 350 g/mol. The van der Waals surface area contributed by atoms with Crippen LogP contribution in [0, 0.1) is 6.92 Å². The number of carbonyl (C=O) groups is 1. The van der Waals surface area contributed by atoms with Crippen LogP contribution >= 0.6 is 11.6 Å². The van der Waals surface area contributed by atoms with E-state index < -0.39 is 0 Å². The second-order valence-corrected chi connectivity index (χ2v) is 7.51. The van der Waals surface area contributed by atoms with Gasteiger partial charge in [-0.25, -0.2) is 0 Å². The van der Waals surface area contributed by atoms with Crippen LogP contribution in [-0.4, -0.2) is 47.6 Å². The van der Waals surface area contributed by atoms with Gasteiger partial charge in [-0.1, -0.05) is 23.7 Å². The summed E-state index contributed by atoms with van der Waals surface area (Å²) in [4.78, 5) is 19.0. The molecule has 1 aromatic carbocycles. The third-order valence-electron chi connectivity index (χ3n) is 5.28. The quantitative estimate of drug-likeness (QED) is 0.901. The third-order valence-corrected chi connectivity index (χ3v) is 5.53. The second-order valence-electron chi connectivity index (χ2n) is 7.08. The predicted molar refractivity (Wildman–Crippen MR) is 100 cm³/mol. The lowest BCUT2D eigenvalue weighted by atomic mass is 10.1. The Labute approximate surface area is 158 Å². The number of ether oxygens (including phenoxy) is 1. The van der Waals surface area contributed by atoms with Crippen LogP contribution in [0.1, 0.15) is 34.0 Å². The molecule has 3 atom stereocenters. The zero-order valence-electron chi connectivity index (χ0n) is 14.7. The van der Waals surface area contributed by atoms with E-state index in [0.717, 1.165) is 35.7 Å². The van der Waals surface area contributed by atoms with E-state index >= 15 is 0 Å². The van der Waals surface area contributed by atoms with Gasteiger partial charge in [0.15, 0.2) is 0 Å². The summed E-state index contributed by atoms with van der Waals surface area (Å²) in [7, 11) is 0. The molecule has 0 spiro atoms. The van der Waals surface area contributed by atoms with Crippen LogP contribution in [-0.2, 0) is 4.74 Å². The summed E-state index contributed by atoms with van der Waals surface area (Å²) in [6.07, 6.45) is 4.31. The van der Waals surface area contributed by atoms with E-state index in [0.29, 0.717) is 18.2 Å². The molecule has 136 valence electrons. The fourth-order valence-electron chi connectivity index (χ4n) is 3.82. The number of pyridine rings is 1. The fourth-order valence-corrected chi connectivity index (χ4v) is 3.95. The number of aryl methyl sites for hydroxylation is 1. The van der Waals surface area contributed by atoms with Crippen molar-refractivity contribution in [3.63, 3.8) is 0 Å². The van der Waals surface area contributed by atoms with Crippen LogP contribution in [0.4, 0.5) is 0 Å². The first-order valence-electron chi connectivity index (χ1n) is 8.93. The van der Waals surface area contributed by atoms with Crippen LogP contribution in [0.15, 0.2) is 42.7 Å². The average Bonchev–Trinajstić information content (AvgIpc) is 3.04. The van der Waals surface area contributed by atoms with E-state index in [9.17, 15) is 4.79 Å². The Bertz CT molecular complexity index is 796. The van der Waals surface area contributed by atoms with Crippen molar-refractivity contribution < 1.29 is 9.53 Å². The van der Waals surface area contributed by atoms with Gasteiger partial charge in [-0.3, -0.25) is 14.7 Å². The number of rotatable bonds is 3. The number of aromatic nitrogens is 1. The van der Waals surface area contributed by atoms with Gasteiger partial charge in [0.1, 0.15) is 0 Å². The van der Waals surface area contributed by atoms with E-state index in [4.69, 9.17) is 16.3 Å². The topological polar surface area (TPSA) is 54.5 Å². The van der Waals surface area contributed by atoms with Gasteiger partial charge in [0, 0.05) is 42.6 Å². The zero-order valence-corrected chi connectivity index (χ0v) is 15.4. The molecule has 2 aliphatic heterocycles. The van der Waals surface area contributed by atoms with Crippen molar-refractivity contribution in [3.8, 4) is 0 Å². The Balaban J connectivity index is 1.38. The number of nitrogens with one attached hydrogen (secondary N) is 1. The Morgan fingerprint density at radius 3 is 2.85 bits per heavy atom. The van der Waals surface area contributed by atoms with E-state index in [1.54, 1.807) is 12.4 Å². The molecule has 1 amide bonds. The monoisotopic (exact) mass is 371 g/mol. The van der Waals surface area contributed by atoms with Crippen LogP contribution in [0.3, 0.4) is 0 Å². The first-order chi connectivity index (χ1) is 12.6. The van der Waals surface area contributed by atoms with Crippen molar-refractivity contribution in [2.24, 2.45) is 0 Å². The molecular formula is C20H22ClN3O2. The standard InChI is InChI=1S/C20H22ClN3O2/c1-13-6-7-22-9-18(13)20(25)23-16-8-17-12-26-19(11-24(17)10-16)14-2-4-15(21)5-3-14/h2-7,9,16-17,19H,8,10-12H2,1H3,(H,23,25)/t16-,17+,19-/m1/s1. The van der Waals surface area contributed by atoms with Crippen LogP contribution in [0.25, 0.3) is 0 Å². The van der Waals surface area contributed by atoms with Crippen molar-refractivity contribution in [1.82, 2.24) is 15.2 Å². The maximum absolute atomic E-state index is 12.5. The smallest absolute Gasteiger partial charge is 0.253 e. The molecule has 2 fully saturated rings. The summed E-state index contributed by atoms with van der Waals surface area (Å²) >= 11 is 5.97. The van der Waals surface area contributed by atoms with Gasteiger partial charge in [0.2, 0.25) is 0 Å². The SMILES string of the molecule is Cc1ccncc1C(=O)N[C@@H]1C[C@H]2CO[C@@H](c3ccc(Cl)cc3)CN2C1. The number of morpholine rings is 1. The Kier molecular flexibility index (Phi) is 4.94. The molecule has 5 nitrogen and oxygen atoms in total. The lowest BCUT2D eigenvalue weighted by molar-refractivity contribution is -0.0502. The number of amides is 1. The maximum Gasteiger partial charge on any atom is 0.253 e. The highest BCUT2D eigenvalue weighted by molar-refractivity contribution is 6.30. The molecule has 0 unspecified atom stereocenters. The molecule has 0 bridgehead atoms. The minimum Gasteiger partial charge on any atom is -0.371 e. The Hall–Kier alpha value is -1.95. The average molecular weight is 372 g/mol. The molecule has 2 aromatic rings. The molecule has 0 radical (unpaired) electrons. The zero-order chi connectivity index (χ0) is 18.1. The Morgan fingerprint density at radius 1 is 1.27 bits per heavy atom. The molecule has 2 saturated heterocycles. The highest BCUT2D eigenvalue weighted by Gasteiger charge is 2.38. The summed E-state index contributed by atoms with van der Waals surface area (Å²) in [6.45, 7) is 4.30. The van der Waals surface area contributed by atoms with Crippen LogP contribution < -0.4 is 5.32 Å². The maximum atomic E-state index is 12.5. The Morgan fingerprint density at radius 2 is 2.08 bits per heavy atom. The number of fused-ring (bicyclic) bond motifs is 1. The minimum atomic E-state index is -0.0457. The number of carbonyl (C=O) groups excluding carboxylic acids is 1. The predicted octanol–water partition coefficient (Wildman–Crippen LogP) is 2.99. The largest absolute Gasteiger partial charge is 0.371 e. The first-order valence-corrected chi connectivity index (χ1v) is 9.30. The van der Waals surface area contributed by atoms with Gasteiger partial charge in [0.25, 0.3) is 5.91 Å². The van der Waals surface area contributed by atoms with Crippen molar-refractivity contribution >= 4 is 17.5 Å². The van der Waals surface area contributed by atoms with Crippen LogP contribution in [0.2, 0.25) is 5.02 Å². The summed E-state index contributed by atoms with van der Waals surface area (Å²) in [5, 5.41) is 3.89. The van der Waals surface area contributed by atoms with Gasteiger partial charge < -0.3 is 10.1 Å². The van der Waals surface area contributed by atoms with Crippen molar-refractivity contribution in [2.75, 3.05) is 19.7 Å². The number of hydrogen-bond donors (Lipinski definition) is 1. The van der Waals surface area contributed by atoms with Crippen molar-refractivity contribution in [3.05, 3.63) is 64.4 Å². The summed E-state index contributed by atoms with van der Waals surface area (Å²) in [5.41, 5.74) is 2.73. The van der Waals surface area contributed by atoms with Gasteiger partial charge in [-0.15, -0.1) is 0 Å². The summed E-state index contributed by atoms with van der Waals surface area (Å²) < 4.78 is 6.07. The summed E-state index contributed by atoms with van der Waals surface area (Å²) in [6, 6.07) is 10.2. The normalized spacial score (nSPS) is 25.7. The lowest BCUT2D eigenvalue weighted by Crippen LogP contribution is -2.43. The minimum absolute atomic E-state index is 0.0457. The fraction of sp³-hybridized carbons (Fsp3) is 0.400. The van der Waals surface area contributed by atoms with Crippen molar-refractivity contribution in [2.45, 2.75) is 31.5 Å². The van der Waals surface area contributed by atoms with Crippen LogP contribution in [0.5, 0.6) is 0 Å². The number of nitrogens with zero attached hydrogens (tertiary/aromatic N) is 2. The van der Waals surface area contributed by atoms with Gasteiger partial charge >= 0.3 is 0 Å². The molecule has 1 aromatic heterocycles. The first kappa shape index (κ1) is 17.5. The lowest BCUT2D eigenvalue weighted by Gasteiger charge is -2.35. The molecule has 1 N–H and O–H groups in total. The molecule has 2 aliphatic rings. The van der Waals surface area contributed by atoms with E-state index in [1.165, 1.54) is 0 Å². The van der Waals surface area contributed by atoms with E-state index in [2.05, 4.69) is 15.2 Å². The molecule has 6 heteroatoms. The number of benzene rings is 1. The molecule has 0 saturated carbocycles. The van der Waals surface area contributed by atoms with Crippen molar-refractivity contribution in [1.29, 1.82) is 0 Å². The van der Waals surface area contributed by atoms with E-state index in [1.807, 2.05) is 37.3 Å². The highest BCUT2D eigenvalue weighted by atomic mass is 35.5. The second kappa shape index (κ2) is 7.35. The van der Waals surface area contributed by atoms with Gasteiger partial charge in [-0.05, 0) is 42.7 Å². The molecule has 4 rings (SSSR count). The van der Waals surface area contributed by atoms with E-state index in [-0.39, 0.29) is 18.1 Å². The number of hydrogen-bond acceptors (Lipinski definition) is 4. The molecule has 0 aliphatic carbocycles. The van der Waals surface area contributed by atoms with Gasteiger partial charge in [-0.2, -0.15) is 0 Å². The number of halogens is 1. The summed E-state index contributed by atoms with van der Waals surface area (Å²) in [5.74, 6) is -0.0457. The van der Waals surface area contributed by atoms with Gasteiger partial charge in [0.05, 0.1) is 18.3 Å². The molecule has 3 heterocycles. The third kappa shape index (κ3) is 3.61.